The first-order valence-corrected chi connectivity index (χ1v) is 8.75. The molecular weight excluding hydrogens is 354 g/mol. The normalized spacial score (nSPS) is 12.3. The first-order chi connectivity index (χ1) is 12.5. The van der Waals surface area contributed by atoms with Crippen LogP contribution in [0.5, 0.6) is 0 Å². The Labute approximate surface area is 156 Å². The van der Waals surface area contributed by atoms with Crippen LogP contribution in [-0.2, 0) is 22.4 Å². The molecule has 1 N–H and O–H groups in total. The van der Waals surface area contributed by atoms with Crippen LogP contribution in [0.3, 0.4) is 0 Å². The predicted molar refractivity (Wildman–Crippen MR) is 97.5 cm³/mol. The molecule has 3 rings (SSSR count). The molecule has 0 atom stereocenters. The van der Waals surface area contributed by atoms with Crippen LogP contribution in [0.2, 0.25) is 5.02 Å². The molecule has 0 aromatic heterocycles. The summed E-state index contributed by atoms with van der Waals surface area (Å²) in [5.74, 6) is -1.33. The largest absolute Gasteiger partial charge is 0.456 e. The van der Waals surface area contributed by atoms with Crippen molar-refractivity contribution in [2.45, 2.75) is 19.3 Å². The molecule has 134 valence electrons. The third-order valence-electron chi connectivity index (χ3n) is 4.28. The minimum Gasteiger partial charge on any atom is -0.456 e. The molecule has 1 amide bonds. The Hall–Kier alpha value is -2.66. The van der Waals surface area contributed by atoms with Gasteiger partial charge in [0.15, 0.2) is 12.4 Å². The number of fused-ring (bicyclic) bond motifs is 1. The van der Waals surface area contributed by atoms with Gasteiger partial charge in [0.05, 0.1) is 0 Å². The number of ketones is 1. The van der Waals surface area contributed by atoms with E-state index in [2.05, 4.69) is 5.32 Å². The number of nitrogens with one attached hydrogen (secondary N) is 1. The number of rotatable bonds is 6. The highest BCUT2D eigenvalue weighted by atomic mass is 35.5. The fourth-order valence-corrected chi connectivity index (χ4v) is 3.01. The molecule has 0 bridgehead atoms. The van der Waals surface area contributed by atoms with Gasteiger partial charge in [-0.3, -0.25) is 14.4 Å². The van der Waals surface area contributed by atoms with E-state index in [1.807, 2.05) is 12.1 Å². The maximum atomic E-state index is 12.2. The fourth-order valence-electron chi connectivity index (χ4n) is 2.88. The Morgan fingerprint density at radius 3 is 2.42 bits per heavy atom. The van der Waals surface area contributed by atoms with Crippen LogP contribution in [0.4, 0.5) is 0 Å². The smallest absolute Gasteiger partial charge is 0.325 e. The van der Waals surface area contributed by atoms with Crippen molar-refractivity contribution >= 4 is 29.3 Å². The molecule has 0 saturated heterocycles. The number of carbonyl (C=O) groups is 3. The quantitative estimate of drug-likeness (QED) is 0.626. The molecule has 0 heterocycles. The molecule has 1 aliphatic rings. The van der Waals surface area contributed by atoms with Crippen molar-refractivity contribution < 1.29 is 19.1 Å². The van der Waals surface area contributed by atoms with Crippen molar-refractivity contribution in [1.82, 2.24) is 5.32 Å². The average Bonchev–Trinajstić information content (AvgIpc) is 3.12. The summed E-state index contributed by atoms with van der Waals surface area (Å²) in [6.07, 6.45) is 3.13. The van der Waals surface area contributed by atoms with Crippen molar-refractivity contribution in [2.24, 2.45) is 0 Å². The minimum absolute atomic E-state index is 0.253. The van der Waals surface area contributed by atoms with E-state index in [-0.39, 0.29) is 18.9 Å². The third-order valence-corrected chi connectivity index (χ3v) is 4.54. The van der Waals surface area contributed by atoms with Crippen molar-refractivity contribution in [2.75, 3.05) is 13.2 Å². The van der Waals surface area contributed by atoms with Crippen LogP contribution >= 0.6 is 11.6 Å². The van der Waals surface area contributed by atoms with E-state index in [9.17, 15) is 14.4 Å². The molecule has 6 heteroatoms. The van der Waals surface area contributed by atoms with Crippen molar-refractivity contribution in [3.05, 3.63) is 69.7 Å². The maximum absolute atomic E-state index is 12.2. The number of hydrogen-bond acceptors (Lipinski definition) is 4. The SMILES string of the molecule is O=C(CNC(=O)c1ccc(Cl)cc1)OCC(=O)c1ccc2c(c1)CCC2. The third kappa shape index (κ3) is 4.49. The summed E-state index contributed by atoms with van der Waals surface area (Å²) in [6, 6.07) is 11.9. The van der Waals surface area contributed by atoms with E-state index in [1.54, 1.807) is 30.3 Å². The van der Waals surface area contributed by atoms with Gasteiger partial charge in [-0.1, -0.05) is 23.7 Å². The van der Waals surface area contributed by atoms with E-state index < -0.39 is 11.9 Å². The Morgan fingerprint density at radius 2 is 1.65 bits per heavy atom. The zero-order valence-electron chi connectivity index (χ0n) is 14.1. The highest BCUT2D eigenvalue weighted by Gasteiger charge is 2.15. The van der Waals surface area contributed by atoms with Gasteiger partial charge in [0.25, 0.3) is 5.91 Å². The van der Waals surface area contributed by atoms with Gasteiger partial charge in [-0.25, -0.2) is 0 Å². The molecule has 1 aliphatic carbocycles. The van der Waals surface area contributed by atoms with Crippen molar-refractivity contribution in [3.8, 4) is 0 Å². The monoisotopic (exact) mass is 371 g/mol. The van der Waals surface area contributed by atoms with E-state index in [0.29, 0.717) is 16.1 Å². The van der Waals surface area contributed by atoms with Crippen molar-refractivity contribution in [1.29, 1.82) is 0 Å². The Morgan fingerprint density at radius 1 is 0.962 bits per heavy atom. The lowest BCUT2D eigenvalue weighted by Crippen LogP contribution is -2.31. The Bertz CT molecular complexity index is 845. The second kappa shape index (κ2) is 8.15. The zero-order chi connectivity index (χ0) is 18.5. The summed E-state index contributed by atoms with van der Waals surface area (Å²) in [6.45, 7) is -0.645. The lowest BCUT2D eigenvalue weighted by molar-refractivity contribution is -0.141. The Balaban J connectivity index is 1.45. The van der Waals surface area contributed by atoms with Gasteiger partial charge in [-0.05, 0) is 60.7 Å². The molecule has 0 spiro atoms. The highest BCUT2D eigenvalue weighted by Crippen LogP contribution is 2.23. The molecule has 26 heavy (non-hydrogen) atoms. The Kier molecular flexibility index (Phi) is 5.68. The molecule has 0 radical (unpaired) electrons. The van der Waals surface area contributed by atoms with Gasteiger partial charge in [0.1, 0.15) is 6.54 Å². The standard InChI is InChI=1S/C20H18ClNO4/c21-17-8-6-14(7-9-17)20(25)22-11-19(24)26-12-18(23)16-5-4-13-2-1-3-15(13)10-16/h4-10H,1-3,11-12H2,(H,22,25). The fraction of sp³-hybridized carbons (Fsp3) is 0.250. The molecule has 0 fully saturated rings. The second-order valence-electron chi connectivity index (χ2n) is 6.11. The number of aryl methyl sites for hydroxylation is 2. The van der Waals surface area contributed by atoms with Crippen LogP contribution < -0.4 is 5.32 Å². The zero-order valence-corrected chi connectivity index (χ0v) is 14.8. The minimum atomic E-state index is -0.665. The lowest BCUT2D eigenvalue weighted by atomic mass is 10.0. The molecule has 0 unspecified atom stereocenters. The van der Waals surface area contributed by atoms with Crippen LogP contribution in [0.25, 0.3) is 0 Å². The number of ether oxygens (including phenoxy) is 1. The van der Waals surface area contributed by atoms with Gasteiger partial charge in [0, 0.05) is 16.1 Å². The molecule has 5 nitrogen and oxygen atoms in total. The number of halogens is 1. The molecule has 0 saturated carbocycles. The van der Waals surface area contributed by atoms with E-state index >= 15 is 0 Å². The summed E-state index contributed by atoms with van der Waals surface area (Å²) in [5.41, 5.74) is 3.40. The van der Waals surface area contributed by atoms with Crippen LogP contribution in [0.1, 0.15) is 38.3 Å². The van der Waals surface area contributed by atoms with Gasteiger partial charge in [-0.2, -0.15) is 0 Å². The number of carbonyl (C=O) groups excluding carboxylic acids is 3. The summed E-state index contributed by atoms with van der Waals surface area (Å²) >= 11 is 5.76. The van der Waals surface area contributed by atoms with Gasteiger partial charge < -0.3 is 10.1 Å². The lowest BCUT2D eigenvalue weighted by Gasteiger charge is -2.07. The molecule has 2 aromatic carbocycles. The number of Topliss-reactive ketones (excluding diaryl/α,β-unsaturated/α-hetero) is 1. The average molecular weight is 372 g/mol. The number of amides is 1. The second-order valence-corrected chi connectivity index (χ2v) is 6.55. The molecule has 0 aliphatic heterocycles. The summed E-state index contributed by atoms with van der Waals surface area (Å²) in [5, 5.41) is 2.97. The van der Waals surface area contributed by atoms with E-state index in [0.717, 1.165) is 19.3 Å². The summed E-state index contributed by atoms with van der Waals surface area (Å²) < 4.78 is 4.96. The van der Waals surface area contributed by atoms with Crippen LogP contribution in [0.15, 0.2) is 42.5 Å². The number of esters is 1. The van der Waals surface area contributed by atoms with Crippen LogP contribution in [-0.4, -0.2) is 30.8 Å². The summed E-state index contributed by atoms with van der Waals surface area (Å²) in [7, 11) is 0. The topological polar surface area (TPSA) is 72.5 Å². The highest BCUT2D eigenvalue weighted by molar-refractivity contribution is 6.30. The van der Waals surface area contributed by atoms with Gasteiger partial charge in [0.2, 0.25) is 0 Å². The number of hydrogen-bond donors (Lipinski definition) is 1. The first-order valence-electron chi connectivity index (χ1n) is 8.37. The van der Waals surface area contributed by atoms with Gasteiger partial charge >= 0.3 is 5.97 Å². The van der Waals surface area contributed by atoms with Gasteiger partial charge in [-0.15, -0.1) is 0 Å². The molecular formula is C20H18ClNO4. The first kappa shape index (κ1) is 18.1. The predicted octanol–water partition coefficient (Wildman–Crippen LogP) is 2.98. The number of benzene rings is 2. The summed E-state index contributed by atoms with van der Waals surface area (Å²) in [4.78, 5) is 35.8. The van der Waals surface area contributed by atoms with Crippen LogP contribution in [0, 0.1) is 0 Å². The van der Waals surface area contributed by atoms with Crippen molar-refractivity contribution in [3.63, 3.8) is 0 Å². The van der Waals surface area contributed by atoms with E-state index in [4.69, 9.17) is 16.3 Å². The maximum Gasteiger partial charge on any atom is 0.325 e. The molecule has 2 aromatic rings. The van der Waals surface area contributed by atoms with E-state index in [1.165, 1.54) is 11.1 Å².